The smallest absolute Gasteiger partial charge is 0.153 e. The molecule has 1 N–H and O–H groups in total. The summed E-state index contributed by atoms with van der Waals surface area (Å²) in [6.07, 6.45) is 6.71. The monoisotopic (exact) mass is 284 g/mol. The van der Waals surface area contributed by atoms with E-state index >= 15 is 0 Å². The Hall–Kier alpha value is -1.68. The Morgan fingerprint density at radius 1 is 1.29 bits per heavy atom. The fraction of sp³-hybridized carbons (Fsp3) is 0.529. The van der Waals surface area contributed by atoms with E-state index in [1.807, 2.05) is 10.9 Å². The molecule has 2 aromatic rings. The van der Waals surface area contributed by atoms with E-state index in [0.717, 1.165) is 37.4 Å². The molecule has 3 rings (SSSR count). The normalized spacial score (nSPS) is 14.6. The molecule has 0 spiro atoms. The standard InChI is InChI=1S/C17H24N4/c1-3-8-18-12-13-10-15(4-2)19-17(11-13)21-9-7-16(20-21)14-5-6-14/h7,9-11,14,18H,3-6,8,12H2,1-2H3. The van der Waals surface area contributed by atoms with Crippen molar-refractivity contribution in [2.75, 3.05) is 6.54 Å². The van der Waals surface area contributed by atoms with E-state index in [2.05, 4.69) is 42.5 Å². The SMILES string of the molecule is CCCNCc1cc(CC)nc(-n2ccc(C3CC3)n2)c1. The Labute approximate surface area is 126 Å². The van der Waals surface area contributed by atoms with Crippen LogP contribution >= 0.6 is 0 Å². The molecule has 1 saturated carbocycles. The molecule has 0 unspecified atom stereocenters. The van der Waals surface area contributed by atoms with Gasteiger partial charge in [0.2, 0.25) is 0 Å². The van der Waals surface area contributed by atoms with Gasteiger partial charge in [-0.15, -0.1) is 0 Å². The van der Waals surface area contributed by atoms with Crippen molar-refractivity contribution in [1.82, 2.24) is 20.1 Å². The summed E-state index contributed by atoms with van der Waals surface area (Å²) in [6.45, 7) is 6.28. The molecule has 112 valence electrons. The van der Waals surface area contributed by atoms with Gasteiger partial charge in [0.05, 0.1) is 5.69 Å². The first-order valence-electron chi connectivity index (χ1n) is 8.06. The molecule has 2 heterocycles. The molecule has 1 aliphatic carbocycles. The van der Waals surface area contributed by atoms with E-state index in [0.29, 0.717) is 5.92 Å². The third kappa shape index (κ3) is 3.50. The lowest BCUT2D eigenvalue weighted by molar-refractivity contribution is 0.672. The number of nitrogens with one attached hydrogen (secondary N) is 1. The minimum Gasteiger partial charge on any atom is -0.313 e. The minimum absolute atomic E-state index is 0.686. The van der Waals surface area contributed by atoms with Gasteiger partial charge in [0.25, 0.3) is 0 Å². The first-order valence-corrected chi connectivity index (χ1v) is 8.06. The molecule has 0 aromatic carbocycles. The summed E-state index contributed by atoms with van der Waals surface area (Å²) in [5.41, 5.74) is 3.63. The quantitative estimate of drug-likeness (QED) is 0.794. The fourth-order valence-electron chi connectivity index (χ4n) is 2.51. The van der Waals surface area contributed by atoms with Crippen molar-refractivity contribution in [1.29, 1.82) is 0 Å². The van der Waals surface area contributed by atoms with Crippen molar-refractivity contribution in [3.05, 3.63) is 41.3 Å². The molecule has 1 aliphatic rings. The first kappa shape index (κ1) is 14.3. The van der Waals surface area contributed by atoms with Crippen LogP contribution in [0.25, 0.3) is 5.82 Å². The van der Waals surface area contributed by atoms with Crippen molar-refractivity contribution in [3.63, 3.8) is 0 Å². The van der Waals surface area contributed by atoms with E-state index in [1.54, 1.807) is 0 Å². The second-order valence-electron chi connectivity index (χ2n) is 5.81. The van der Waals surface area contributed by atoms with Crippen molar-refractivity contribution in [3.8, 4) is 5.82 Å². The highest BCUT2D eigenvalue weighted by molar-refractivity contribution is 5.31. The number of hydrogen-bond donors (Lipinski definition) is 1. The number of aryl methyl sites for hydroxylation is 1. The minimum atomic E-state index is 0.686. The summed E-state index contributed by atoms with van der Waals surface area (Å²) < 4.78 is 1.93. The van der Waals surface area contributed by atoms with Crippen LogP contribution in [-0.2, 0) is 13.0 Å². The lowest BCUT2D eigenvalue weighted by Crippen LogP contribution is -2.15. The summed E-state index contributed by atoms with van der Waals surface area (Å²) in [4.78, 5) is 4.72. The number of hydrogen-bond acceptors (Lipinski definition) is 3. The zero-order chi connectivity index (χ0) is 14.7. The highest BCUT2D eigenvalue weighted by Crippen LogP contribution is 2.38. The average molecular weight is 284 g/mol. The third-order valence-corrected chi connectivity index (χ3v) is 3.88. The Morgan fingerprint density at radius 3 is 2.86 bits per heavy atom. The van der Waals surface area contributed by atoms with Crippen LogP contribution in [0.2, 0.25) is 0 Å². The molecule has 21 heavy (non-hydrogen) atoms. The molecular formula is C17H24N4. The van der Waals surface area contributed by atoms with E-state index in [-0.39, 0.29) is 0 Å². The molecule has 1 fully saturated rings. The van der Waals surface area contributed by atoms with Gasteiger partial charge in [-0.3, -0.25) is 0 Å². The molecule has 2 aromatic heterocycles. The Bertz CT molecular complexity index is 599. The summed E-state index contributed by atoms with van der Waals surface area (Å²) in [5, 5.41) is 8.15. The van der Waals surface area contributed by atoms with E-state index in [4.69, 9.17) is 4.98 Å². The highest BCUT2D eigenvalue weighted by Gasteiger charge is 2.26. The van der Waals surface area contributed by atoms with Crippen LogP contribution in [0.5, 0.6) is 0 Å². The average Bonchev–Trinajstić information content (AvgIpc) is 3.24. The topological polar surface area (TPSA) is 42.7 Å². The van der Waals surface area contributed by atoms with Crippen LogP contribution in [0.3, 0.4) is 0 Å². The molecule has 0 saturated heterocycles. The van der Waals surface area contributed by atoms with Gasteiger partial charge in [-0.2, -0.15) is 5.10 Å². The summed E-state index contributed by atoms with van der Waals surface area (Å²) in [6, 6.07) is 6.47. The van der Waals surface area contributed by atoms with Gasteiger partial charge in [-0.1, -0.05) is 13.8 Å². The first-order chi connectivity index (χ1) is 10.3. The van der Waals surface area contributed by atoms with Gasteiger partial charge >= 0.3 is 0 Å². The molecule has 0 amide bonds. The molecule has 0 bridgehead atoms. The summed E-state index contributed by atoms with van der Waals surface area (Å²) >= 11 is 0. The lowest BCUT2D eigenvalue weighted by atomic mass is 10.2. The highest BCUT2D eigenvalue weighted by atomic mass is 15.3. The zero-order valence-electron chi connectivity index (χ0n) is 13.0. The molecule has 0 radical (unpaired) electrons. The van der Waals surface area contributed by atoms with Crippen LogP contribution < -0.4 is 5.32 Å². The third-order valence-electron chi connectivity index (χ3n) is 3.88. The summed E-state index contributed by atoms with van der Waals surface area (Å²) in [5.74, 6) is 1.63. The Balaban J connectivity index is 1.83. The van der Waals surface area contributed by atoms with Crippen molar-refractivity contribution >= 4 is 0 Å². The lowest BCUT2D eigenvalue weighted by Gasteiger charge is -2.09. The van der Waals surface area contributed by atoms with E-state index in [1.165, 1.54) is 24.1 Å². The predicted octanol–water partition coefficient (Wildman–Crippen LogP) is 3.21. The van der Waals surface area contributed by atoms with E-state index in [9.17, 15) is 0 Å². The predicted molar refractivity (Wildman–Crippen MR) is 84.7 cm³/mol. The van der Waals surface area contributed by atoms with Gasteiger partial charge < -0.3 is 5.32 Å². The Morgan fingerprint density at radius 2 is 2.14 bits per heavy atom. The Kier molecular flexibility index (Phi) is 4.34. The number of nitrogens with zero attached hydrogens (tertiary/aromatic N) is 3. The summed E-state index contributed by atoms with van der Waals surface area (Å²) in [7, 11) is 0. The fourth-order valence-corrected chi connectivity index (χ4v) is 2.51. The molecular weight excluding hydrogens is 260 g/mol. The van der Waals surface area contributed by atoms with Crippen LogP contribution in [-0.4, -0.2) is 21.3 Å². The van der Waals surface area contributed by atoms with Crippen molar-refractivity contribution in [2.24, 2.45) is 0 Å². The number of aromatic nitrogens is 3. The van der Waals surface area contributed by atoms with Gasteiger partial charge in [-0.05, 0) is 56.0 Å². The molecule has 4 heteroatoms. The molecule has 0 aliphatic heterocycles. The largest absolute Gasteiger partial charge is 0.313 e. The van der Waals surface area contributed by atoms with Gasteiger partial charge in [0, 0.05) is 24.4 Å². The van der Waals surface area contributed by atoms with Gasteiger partial charge in [-0.25, -0.2) is 9.67 Å². The van der Waals surface area contributed by atoms with Gasteiger partial charge in [0.15, 0.2) is 5.82 Å². The second kappa shape index (κ2) is 6.39. The zero-order valence-corrected chi connectivity index (χ0v) is 13.0. The van der Waals surface area contributed by atoms with Crippen LogP contribution in [0, 0.1) is 0 Å². The van der Waals surface area contributed by atoms with Crippen molar-refractivity contribution in [2.45, 2.75) is 52.0 Å². The van der Waals surface area contributed by atoms with Crippen LogP contribution in [0.15, 0.2) is 24.4 Å². The number of rotatable bonds is 7. The maximum absolute atomic E-state index is 4.72. The molecule has 0 atom stereocenters. The van der Waals surface area contributed by atoms with Gasteiger partial charge in [0.1, 0.15) is 0 Å². The second-order valence-corrected chi connectivity index (χ2v) is 5.81. The van der Waals surface area contributed by atoms with Crippen LogP contribution in [0.4, 0.5) is 0 Å². The van der Waals surface area contributed by atoms with Crippen molar-refractivity contribution < 1.29 is 0 Å². The maximum atomic E-state index is 4.72. The van der Waals surface area contributed by atoms with E-state index < -0.39 is 0 Å². The number of pyridine rings is 1. The van der Waals surface area contributed by atoms with Crippen LogP contribution in [0.1, 0.15) is 56.0 Å². The molecule has 4 nitrogen and oxygen atoms in total. The maximum Gasteiger partial charge on any atom is 0.153 e.